The van der Waals surface area contributed by atoms with Crippen molar-refractivity contribution in [3.8, 4) is 11.5 Å². The van der Waals surface area contributed by atoms with Gasteiger partial charge in [0.25, 0.3) is 0 Å². The highest BCUT2D eigenvalue weighted by atomic mass is 16.6. The third-order valence-corrected chi connectivity index (χ3v) is 3.26. The molecule has 110 valence electrons. The highest BCUT2D eigenvalue weighted by molar-refractivity contribution is 5.53. The number of aliphatic hydroxyl groups excluding tert-OH is 1. The fraction of sp³-hybridized carbons (Fsp3) is 0.250. The number of hydrogen-bond acceptors (Lipinski definition) is 4. The molecule has 2 aromatic rings. The van der Waals surface area contributed by atoms with Crippen LogP contribution in [-0.4, -0.2) is 10.0 Å². The minimum absolute atomic E-state index is 0.0323. The average Bonchev–Trinajstić information content (AvgIpc) is 2.47. The second-order valence-corrected chi connectivity index (χ2v) is 4.77. The van der Waals surface area contributed by atoms with Gasteiger partial charge in [0.1, 0.15) is 5.75 Å². The van der Waals surface area contributed by atoms with Crippen LogP contribution in [0.15, 0.2) is 42.5 Å². The Balaban J connectivity index is 2.27. The lowest BCUT2D eigenvalue weighted by molar-refractivity contribution is -0.386. The molecule has 0 aliphatic carbocycles. The van der Waals surface area contributed by atoms with E-state index in [-0.39, 0.29) is 11.4 Å². The zero-order chi connectivity index (χ0) is 15.4. The zero-order valence-corrected chi connectivity index (χ0v) is 11.9. The molecule has 21 heavy (non-hydrogen) atoms. The number of ether oxygens (including phenoxy) is 1. The summed E-state index contributed by atoms with van der Waals surface area (Å²) in [4.78, 5) is 10.7. The summed E-state index contributed by atoms with van der Waals surface area (Å²) in [5, 5.41) is 20.8. The maximum absolute atomic E-state index is 11.1. The van der Waals surface area contributed by atoms with Crippen molar-refractivity contribution in [2.45, 2.75) is 26.4 Å². The van der Waals surface area contributed by atoms with Crippen molar-refractivity contribution in [3.63, 3.8) is 0 Å². The molecule has 0 unspecified atom stereocenters. The summed E-state index contributed by atoms with van der Waals surface area (Å²) in [6.07, 6.45) is 0.121. The minimum atomic E-state index is -0.507. The highest BCUT2D eigenvalue weighted by Gasteiger charge is 2.18. The van der Waals surface area contributed by atoms with Crippen LogP contribution in [0.5, 0.6) is 11.5 Å². The minimum Gasteiger partial charge on any atom is -0.450 e. The third-order valence-electron chi connectivity index (χ3n) is 3.26. The normalized spacial score (nSPS) is 12.0. The Morgan fingerprint density at radius 1 is 1.24 bits per heavy atom. The highest BCUT2D eigenvalue weighted by Crippen LogP contribution is 2.34. The molecule has 0 aliphatic heterocycles. The molecule has 0 amide bonds. The van der Waals surface area contributed by atoms with Gasteiger partial charge in [0.05, 0.1) is 11.0 Å². The first-order valence-corrected chi connectivity index (χ1v) is 6.72. The molecule has 1 N–H and O–H groups in total. The van der Waals surface area contributed by atoms with Gasteiger partial charge >= 0.3 is 5.69 Å². The summed E-state index contributed by atoms with van der Waals surface area (Å²) >= 11 is 0. The van der Waals surface area contributed by atoms with Crippen molar-refractivity contribution in [2.24, 2.45) is 0 Å². The summed E-state index contributed by atoms with van der Waals surface area (Å²) in [6, 6.07) is 11.9. The van der Waals surface area contributed by atoms with Gasteiger partial charge in [0, 0.05) is 5.56 Å². The van der Waals surface area contributed by atoms with E-state index in [9.17, 15) is 15.2 Å². The number of nitro benzene ring substituents is 1. The number of nitrogens with zero attached hydrogens (tertiary/aromatic N) is 1. The van der Waals surface area contributed by atoms with Gasteiger partial charge in [-0.1, -0.05) is 31.2 Å². The predicted octanol–water partition coefficient (Wildman–Crippen LogP) is 4.14. The Kier molecular flexibility index (Phi) is 4.55. The number of aryl methyl sites for hydroxylation is 1. The molecule has 0 aliphatic rings. The van der Waals surface area contributed by atoms with Gasteiger partial charge in [-0.2, -0.15) is 0 Å². The van der Waals surface area contributed by atoms with Gasteiger partial charge in [-0.15, -0.1) is 0 Å². The fourth-order valence-electron chi connectivity index (χ4n) is 2.07. The summed E-state index contributed by atoms with van der Waals surface area (Å²) in [7, 11) is 0. The Bertz CT molecular complexity index is 637. The van der Waals surface area contributed by atoms with Crippen molar-refractivity contribution in [1.29, 1.82) is 0 Å². The zero-order valence-electron chi connectivity index (χ0n) is 11.9. The maximum Gasteiger partial charge on any atom is 0.314 e. The number of aliphatic hydroxyl groups is 1. The second-order valence-electron chi connectivity index (χ2n) is 4.77. The molecule has 0 saturated heterocycles. The van der Waals surface area contributed by atoms with Crippen molar-refractivity contribution >= 4 is 5.69 Å². The molecule has 2 rings (SSSR count). The average molecular weight is 287 g/mol. The van der Waals surface area contributed by atoms with Crippen LogP contribution in [0.1, 0.15) is 30.6 Å². The van der Waals surface area contributed by atoms with Crippen molar-refractivity contribution in [1.82, 2.24) is 0 Å². The number of hydrogen-bond donors (Lipinski definition) is 1. The van der Waals surface area contributed by atoms with Crippen molar-refractivity contribution in [3.05, 3.63) is 63.7 Å². The smallest absolute Gasteiger partial charge is 0.314 e. The lowest BCUT2D eigenvalue weighted by Gasteiger charge is -2.10. The van der Waals surface area contributed by atoms with Gasteiger partial charge in [0.15, 0.2) is 0 Å². The third kappa shape index (κ3) is 3.38. The molecule has 1 atom stereocenters. The van der Waals surface area contributed by atoms with Gasteiger partial charge < -0.3 is 9.84 Å². The first kappa shape index (κ1) is 15.0. The lowest BCUT2D eigenvalue weighted by atomic mass is 10.1. The quantitative estimate of drug-likeness (QED) is 0.662. The van der Waals surface area contributed by atoms with Crippen molar-refractivity contribution in [2.75, 3.05) is 0 Å². The van der Waals surface area contributed by atoms with E-state index in [1.54, 1.807) is 49.4 Å². The topological polar surface area (TPSA) is 72.6 Å². The predicted molar refractivity (Wildman–Crippen MR) is 79.6 cm³/mol. The molecule has 0 spiro atoms. The van der Waals surface area contributed by atoms with Crippen LogP contribution in [0.4, 0.5) is 5.69 Å². The van der Waals surface area contributed by atoms with E-state index in [0.29, 0.717) is 17.7 Å². The van der Waals surface area contributed by atoms with Crippen LogP contribution in [0, 0.1) is 17.0 Å². The van der Waals surface area contributed by atoms with E-state index in [1.807, 2.05) is 6.92 Å². The molecule has 0 bridgehead atoms. The van der Waals surface area contributed by atoms with Crippen LogP contribution >= 0.6 is 0 Å². The van der Waals surface area contributed by atoms with E-state index in [0.717, 1.165) is 5.56 Å². The molecule has 0 saturated carbocycles. The SMILES string of the molecule is CC[C@@H](O)c1ccc(Oc2cccc(C)c2[N+](=O)[O-])cc1. The molecule has 0 aromatic heterocycles. The van der Waals surface area contributed by atoms with Crippen LogP contribution in [0.2, 0.25) is 0 Å². The molecule has 5 nitrogen and oxygen atoms in total. The van der Waals surface area contributed by atoms with Crippen LogP contribution < -0.4 is 4.74 Å². The number of benzene rings is 2. The number of nitro groups is 1. The van der Waals surface area contributed by atoms with Gasteiger partial charge in [0.2, 0.25) is 5.75 Å². The number of rotatable bonds is 5. The van der Waals surface area contributed by atoms with Crippen LogP contribution in [0.3, 0.4) is 0 Å². The molecule has 0 radical (unpaired) electrons. The van der Waals surface area contributed by atoms with E-state index < -0.39 is 11.0 Å². The van der Waals surface area contributed by atoms with Gasteiger partial charge in [-0.05, 0) is 37.1 Å². The molecule has 0 fully saturated rings. The Labute approximate surface area is 123 Å². The lowest BCUT2D eigenvalue weighted by Crippen LogP contribution is -1.97. The Hall–Kier alpha value is -2.40. The number of para-hydroxylation sites is 1. The fourth-order valence-corrected chi connectivity index (χ4v) is 2.07. The van der Waals surface area contributed by atoms with E-state index >= 15 is 0 Å². The van der Waals surface area contributed by atoms with E-state index in [1.165, 1.54) is 0 Å². The second kappa shape index (κ2) is 6.37. The summed E-state index contributed by atoms with van der Waals surface area (Å²) in [6.45, 7) is 3.57. The molecule has 2 aromatic carbocycles. The molecule has 0 heterocycles. The summed E-state index contributed by atoms with van der Waals surface area (Å²) in [5.74, 6) is 0.708. The first-order chi connectivity index (χ1) is 10.0. The standard InChI is InChI=1S/C16H17NO4/c1-3-14(18)12-7-9-13(10-8-12)21-15-6-4-5-11(2)16(15)17(19)20/h4-10,14,18H,3H2,1-2H3/t14-/m1/s1. The van der Waals surface area contributed by atoms with E-state index in [4.69, 9.17) is 4.74 Å². The Morgan fingerprint density at radius 3 is 2.48 bits per heavy atom. The summed E-state index contributed by atoms with van der Waals surface area (Å²) in [5.41, 5.74) is 1.31. The summed E-state index contributed by atoms with van der Waals surface area (Å²) < 4.78 is 5.60. The Morgan fingerprint density at radius 2 is 1.90 bits per heavy atom. The largest absolute Gasteiger partial charge is 0.450 e. The maximum atomic E-state index is 11.1. The molecular formula is C16H17NO4. The first-order valence-electron chi connectivity index (χ1n) is 6.72. The van der Waals surface area contributed by atoms with E-state index in [2.05, 4.69) is 0 Å². The molecular weight excluding hydrogens is 270 g/mol. The van der Waals surface area contributed by atoms with Crippen molar-refractivity contribution < 1.29 is 14.8 Å². The van der Waals surface area contributed by atoms with Crippen LogP contribution in [0.25, 0.3) is 0 Å². The monoisotopic (exact) mass is 287 g/mol. The molecule has 5 heteroatoms. The van der Waals surface area contributed by atoms with Gasteiger partial charge in [-0.3, -0.25) is 10.1 Å². The van der Waals surface area contributed by atoms with Gasteiger partial charge in [-0.25, -0.2) is 0 Å². The van der Waals surface area contributed by atoms with Crippen LogP contribution in [-0.2, 0) is 0 Å².